The van der Waals surface area contributed by atoms with Crippen LogP contribution in [0.15, 0.2) is 42.5 Å². The van der Waals surface area contributed by atoms with Crippen LogP contribution in [-0.2, 0) is 18.5 Å². The number of methoxy groups -OCH3 is 2. The Kier molecular flexibility index (Phi) is 4.23. The maximum Gasteiger partial charge on any atom is 0.318 e. The quantitative estimate of drug-likeness (QED) is 0.917. The highest BCUT2D eigenvalue weighted by molar-refractivity contribution is 5.76. The van der Waals surface area contributed by atoms with Gasteiger partial charge in [0.1, 0.15) is 0 Å². The van der Waals surface area contributed by atoms with E-state index >= 15 is 0 Å². The molecule has 0 spiro atoms. The van der Waals surface area contributed by atoms with Crippen LogP contribution in [0.2, 0.25) is 0 Å². The van der Waals surface area contributed by atoms with Gasteiger partial charge in [-0.05, 0) is 48.1 Å². The molecule has 1 heterocycles. The molecule has 1 saturated carbocycles. The van der Waals surface area contributed by atoms with E-state index in [0.29, 0.717) is 18.8 Å². The number of carbonyl (C=O) groups excluding carboxylic acids is 1. The molecule has 1 aliphatic carbocycles. The molecule has 2 amide bonds. The molecule has 2 aromatic rings. The van der Waals surface area contributed by atoms with Crippen LogP contribution >= 0.6 is 0 Å². The van der Waals surface area contributed by atoms with Crippen molar-refractivity contribution in [3.8, 4) is 11.5 Å². The van der Waals surface area contributed by atoms with Gasteiger partial charge >= 0.3 is 6.03 Å². The molecule has 1 aliphatic heterocycles. The Morgan fingerprint density at radius 3 is 2.31 bits per heavy atom. The fourth-order valence-electron chi connectivity index (χ4n) is 3.71. The van der Waals surface area contributed by atoms with Gasteiger partial charge in [-0.2, -0.15) is 0 Å². The average Bonchev–Trinajstić information content (AvgIpc) is 3.47. The molecule has 0 atom stereocenters. The summed E-state index contributed by atoms with van der Waals surface area (Å²) >= 11 is 0. The van der Waals surface area contributed by atoms with E-state index in [9.17, 15) is 4.79 Å². The van der Waals surface area contributed by atoms with E-state index < -0.39 is 0 Å². The van der Waals surface area contributed by atoms with Crippen molar-refractivity contribution in [1.82, 2.24) is 10.2 Å². The number of benzene rings is 2. The first-order chi connectivity index (χ1) is 12.6. The normalized spacial score (nSPS) is 17.2. The average molecular weight is 352 g/mol. The molecule has 0 aromatic heterocycles. The summed E-state index contributed by atoms with van der Waals surface area (Å²) in [6, 6.07) is 14.3. The molecular weight excluding hydrogens is 328 g/mol. The predicted octanol–water partition coefficient (Wildman–Crippen LogP) is 3.46. The fourth-order valence-corrected chi connectivity index (χ4v) is 3.71. The van der Waals surface area contributed by atoms with Crippen molar-refractivity contribution < 1.29 is 14.3 Å². The third kappa shape index (κ3) is 2.98. The van der Waals surface area contributed by atoms with Crippen LogP contribution in [0.25, 0.3) is 0 Å². The molecule has 0 bridgehead atoms. The standard InChI is InChI=1S/C21H24N2O3/c1-25-18-12-15-8-11-23(14-16(15)13-19(18)26-2)20(24)22-21(9-10-21)17-6-4-3-5-7-17/h3-7,12-13H,8-11,14H2,1-2H3,(H,22,24). The highest BCUT2D eigenvalue weighted by Crippen LogP contribution is 2.45. The Hall–Kier alpha value is -2.69. The molecular formula is C21H24N2O3. The Labute approximate surface area is 153 Å². The highest BCUT2D eigenvalue weighted by atomic mass is 16.5. The van der Waals surface area contributed by atoms with Gasteiger partial charge in [-0.3, -0.25) is 0 Å². The van der Waals surface area contributed by atoms with Gasteiger partial charge in [-0.15, -0.1) is 0 Å². The maximum atomic E-state index is 12.9. The third-order valence-electron chi connectivity index (χ3n) is 5.43. The lowest BCUT2D eigenvalue weighted by Gasteiger charge is -2.31. The minimum atomic E-state index is -0.184. The molecule has 136 valence electrons. The Bertz CT molecular complexity index is 816. The molecule has 5 nitrogen and oxygen atoms in total. The summed E-state index contributed by atoms with van der Waals surface area (Å²) in [5, 5.41) is 3.27. The molecule has 2 aliphatic rings. The summed E-state index contributed by atoms with van der Waals surface area (Å²) in [6.07, 6.45) is 2.82. The van der Waals surface area contributed by atoms with E-state index in [2.05, 4.69) is 17.4 Å². The lowest BCUT2D eigenvalue weighted by molar-refractivity contribution is 0.186. The van der Waals surface area contributed by atoms with Crippen molar-refractivity contribution in [1.29, 1.82) is 0 Å². The van der Waals surface area contributed by atoms with Crippen molar-refractivity contribution in [2.45, 2.75) is 31.3 Å². The van der Waals surface area contributed by atoms with Crippen LogP contribution in [-0.4, -0.2) is 31.7 Å². The number of carbonyl (C=O) groups is 1. The lowest BCUT2D eigenvalue weighted by atomic mass is 9.99. The summed E-state index contributed by atoms with van der Waals surface area (Å²) in [5.41, 5.74) is 3.35. The van der Waals surface area contributed by atoms with Gasteiger partial charge in [0.15, 0.2) is 11.5 Å². The zero-order chi connectivity index (χ0) is 18.1. The summed E-state index contributed by atoms with van der Waals surface area (Å²) < 4.78 is 10.8. The topological polar surface area (TPSA) is 50.8 Å². The van der Waals surface area contributed by atoms with Crippen molar-refractivity contribution in [3.63, 3.8) is 0 Å². The van der Waals surface area contributed by atoms with Crippen LogP contribution in [0.4, 0.5) is 4.79 Å². The van der Waals surface area contributed by atoms with Crippen LogP contribution in [0.1, 0.15) is 29.5 Å². The summed E-state index contributed by atoms with van der Waals surface area (Å²) in [7, 11) is 3.28. The second kappa shape index (κ2) is 6.56. The zero-order valence-electron chi connectivity index (χ0n) is 15.2. The van der Waals surface area contributed by atoms with Crippen molar-refractivity contribution >= 4 is 6.03 Å². The molecule has 0 unspecified atom stereocenters. The number of fused-ring (bicyclic) bond motifs is 1. The molecule has 0 radical (unpaired) electrons. The van der Waals surface area contributed by atoms with Crippen molar-refractivity contribution in [3.05, 3.63) is 59.2 Å². The van der Waals surface area contributed by atoms with E-state index in [0.717, 1.165) is 30.6 Å². The Morgan fingerprint density at radius 1 is 1.04 bits per heavy atom. The first-order valence-corrected chi connectivity index (χ1v) is 9.01. The largest absolute Gasteiger partial charge is 0.493 e. The van der Waals surface area contributed by atoms with Gasteiger partial charge < -0.3 is 19.7 Å². The third-order valence-corrected chi connectivity index (χ3v) is 5.43. The Morgan fingerprint density at radius 2 is 1.69 bits per heavy atom. The first kappa shape index (κ1) is 16.8. The minimum Gasteiger partial charge on any atom is -0.493 e. The number of nitrogens with zero attached hydrogens (tertiary/aromatic N) is 1. The molecule has 1 N–H and O–H groups in total. The maximum absolute atomic E-state index is 12.9. The SMILES string of the molecule is COc1cc2c(cc1OC)CN(C(=O)NC1(c3ccccc3)CC1)CC2. The van der Waals surface area contributed by atoms with Crippen molar-refractivity contribution in [2.24, 2.45) is 0 Å². The number of urea groups is 1. The van der Waals surface area contributed by atoms with Crippen molar-refractivity contribution in [2.75, 3.05) is 20.8 Å². The van der Waals surface area contributed by atoms with E-state index in [1.165, 1.54) is 11.1 Å². The van der Waals surface area contributed by atoms with Gasteiger partial charge in [0.25, 0.3) is 0 Å². The Balaban J connectivity index is 1.49. The monoisotopic (exact) mass is 352 g/mol. The van der Waals surface area contributed by atoms with E-state index in [1.807, 2.05) is 35.2 Å². The summed E-state index contributed by atoms with van der Waals surface area (Å²) in [4.78, 5) is 14.8. The summed E-state index contributed by atoms with van der Waals surface area (Å²) in [5.74, 6) is 1.45. The van der Waals surface area contributed by atoms with E-state index in [1.54, 1.807) is 14.2 Å². The number of amides is 2. The van der Waals surface area contributed by atoms with Crippen LogP contribution in [0.3, 0.4) is 0 Å². The molecule has 5 heteroatoms. The van der Waals surface area contributed by atoms with Gasteiger partial charge in [-0.25, -0.2) is 4.79 Å². The second-order valence-corrected chi connectivity index (χ2v) is 7.03. The molecule has 2 aromatic carbocycles. The lowest BCUT2D eigenvalue weighted by Crippen LogP contribution is -2.46. The minimum absolute atomic E-state index is 0.00629. The summed E-state index contributed by atoms with van der Waals surface area (Å²) in [6.45, 7) is 1.30. The van der Waals surface area contributed by atoms with Gasteiger partial charge in [-0.1, -0.05) is 30.3 Å². The number of rotatable bonds is 4. The first-order valence-electron chi connectivity index (χ1n) is 9.01. The molecule has 4 rings (SSSR count). The van der Waals surface area contributed by atoms with Crippen LogP contribution in [0, 0.1) is 0 Å². The molecule has 0 saturated heterocycles. The second-order valence-electron chi connectivity index (χ2n) is 7.03. The van der Waals surface area contributed by atoms with Gasteiger partial charge in [0.2, 0.25) is 0 Å². The van der Waals surface area contributed by atoms with Crippen LogP contribution < -0.4 is 14.8 Å². The molecule has 1 fully saturated rings. The van der Waals surface area contributed by atoms with Crippen LogP contribution in [0.5, 0.6) is 11.5 Å². The zero-order valence-corrected chi connectivity index (χ0v) is 15.2. The van der Waals surface area contributed by atoms with E-state index in [4.69, 9.17) is 9.47 Å². The van der Waals surface area contributed by atoms with Gasteiger partial charge in [0.05, 0.1) is 19.8 Å². The number of hydrogen-bond acceptors (Lipinski definition) is 3. The number of nitrogens with one attached hydrogen (secondary N) is 1. The molecule has 26 heavy (non-hydrogen) atoms. The number of ether oxygens (including phenoxy) is 2. The number of hydrogen-bond donors (Lipinski definition) is 1. The fraction of sp³-hybridized carbons (Fsp3) is 0.381. The highest BCUT2D eigenvalue weighted by Gasteiger charge is 2.46. The van der Waals surface area contributed by atoms with Gasteiger partial charge in [0, 0.05) is 13.1 Å². The predicted molar refractivity (Wildman–Crippen MR) is 99.5 cm³/mol. The smallest absolute Gasteiger partial charge is 0.318 e. The van der Waals surface area contributed by atoms with E-state index in [-0.39, 0.29) is 11.6 Å².